The average Bonchev–Trinajstić information content (AvgIpc) is 3.33. The number of nitrogens with zero attached hydrogens (tertiary/aromatic N) is 3. The Morgan fingerprint density at radius 1 is 1.19 bits per heavy atom. The Balaban J connectivity index is 1.37. The quantitative estimate of drug-likeness (QED) is 0.651. The molecule has 10 heteroatoms. The largest absolute Gasteiger partial charge is 0.497 e. The molecule has 2 N–H and O–H groups in total. The summed E-state index contributed by atoms with van der Waals surface area (Å²) in [6.45, 7) is 2.64. The minimum Gasteiger partial charge on any atom is -0.497 e. The Morgan fingerprint density at radius 3 is 2.69 bits per heavy atom. The molecule has 2 aliphatic rings. The van der Waals surface area contributed by atoms with Crippen molar-refractivity contribution in [1.82, 2.24) is 15.3 Å². The van der Waals surface area contributed by atoms with E-state index in [9.17, 15) is 4.79 Å². The molecule has 0 saturated carbocycles. The summed E-state index contributed by atoms with van der Waals surface area (Å²) in [4.78, 5) is 26.9. The highest BCUT2D eigenvalue weighted by Gasteiger charge is 2.35. The molecule has 10 nitrogen and oxygen atoms in total. The van der Waals surface area contributed by atoms with Crippen molar-refractivity contribution >= 4 is 11.6 Å². The van der Waals surface area contributed by atoms with E-state index in [1.165, 1.54) is 0 Å². The number of aliphatic hydroxyl groups is 1. The van der Waals surface area contributed by atoms with Crippen LogP contribution in [0.5, 0.6) is 5.75 Å². The first-order valence-corrected chi connectivity index (χ1v) is 10.4. The maximum Gasteiger partial charge on any atom is 0.270 e. The number of aromatic nitrogens is 2. The number of hydrogen-bond donors (Lipinski definition) is 2. The van der Waals surface area contributed by atoms with Crippen LogP contribution in [-0.2, 0) is 20.9 Å². The van der Waals surface area contributed by atoms with Crippen LogP contribution >= 0.6 is 0 Å². The van der Waals surface area contributed by atoms with E-state index in [4.69, 9.17) is 24.2 Å². The van der Waals surface area contributed by atoms with Gasteiger partial charge >= 0.3 is 0 Å². The van der Waals surface area contributed by atoms with Crippen LogP contribution < -0.4 is 10.1 Å². The van der Waals surface area contributed by atoms with Gasteiger partial charge in [0.05, 0.1) is 32.6 Å². The molecule has 0 aliphatic carbocycles. The molecular weight excluding hydrogens is 416 g/mol. The van der Waals surface area contributed by atoms with Crippen LogP contribution in [0.2, 0.25) is 0 Å². The number of methoxy groups -OCH3 is 1. The maximum absolute atomic E-state index is 12.7. The summed E-state index contributed by atoms with van der Waals surface area (Å²) in [7, 11) is 1.61. The van der Waals surface area contributed by atoms with Crippen molar-refractivity contribution in [3.05, 3.63) is 53.1 Å². The summed E-state index contributed by atoms with van der Waals surface area (Å²) < 4.78 is 16.4. The number of oxime groups is 1. The molecule has 3 atom stereocenters. The normalized spacial score (nSPS) is 22.7. The maximum atomic E-state index is 12.7. The molecule has 0 bridgehead atoms. The van der Waals surface area contributed by atoms with Gasteiger partial charge in [-0.1, -0.05) is 17.3 Å². The first-order chi connectivity index (χ1) is 15.6. The summed E-state index contributed by atoms with van der Waals surface area (Å²) in [5.41, 5.74) is 2.37. The zero-order chi connectivity index (χ0) is 22.5. The molecule has 2 aliphatic heterocycles. The smallest absolute Gasteiger partial charge is 0.270 e. The van der Waals surface area contributed by atoms with E-state index in [1.54, 1.807) is 20.1 Å². The van der Waals surface area contributed by atoms with Crippen molar-refractivity contribution in [3.8, 4) is 5.75 Å². The topological polar surface area (TPSA) is 124 Å². The minimum absolute atomic E-state index is 0.0798. The SMILES string of the molecule is COc1ccc(CNC(=O)c2cc(C3=NOC([C@@H]4CO[C@@H](CO)CO4)C3)nc(C)n2)cc1. The fraction of sp³-hybridized carbons (Fsp3) is 0.455. The van der Waals surface area contributed by atoms with Crippen molar-refractivity contribution in [2.75, 3.05) is 26.9 Å². The van der Waals surface area contributed by atoms with E-state index in [1.807, 2.05) is 24.3 Å². The van der Waals surface area contributed by atoms with E-state index < -0.39 is 0 Å². The number of nitrogens with one attached hydrogen (secondary N) is 1. The van der Waals surface area contributed by atoms with Crippen molar-refractivity contribution in [3.63, 3.8) is 0 Å². The highest BCUT2D eigenvalue weighted by molar-refractivity contribution is 6.02. The van der Waals surface area contributed by atoms with Gasteiger partial charge in [0.25, 0.3) is 5.91 Å². The van der Waals surface area contributed by atoms with E-state index in [0.29, 0.717) is 43.4 Å². The molecule has 1 unspecified atom stereocenters. The summed E-state index contributed by atoms with van der Waals surface area (Å²) >= 11 is 0. The highest BCUT2D eigenvalue weighted by atomic mass is 16.7. The predicted molar refractivity (Wildman–Crippen MR) is 114 cm³/mol. The Labute approximate surface area is 185 Å². The molecule has 2 aromatic rings. The fourth-order valence-electron chi connectivity index (χ4n) is 3.47. The third-order valence-corrected chi connectivity index (χ3v) is 5.28. The predicted octanol–water partition coefficient (Wildman–Crippen LogP) is 0.993. The van der Waals surface area contributed by atoms with Gasteiger partial charge < -0.3 is 29.5 Å². The van der Waals surface area contributed by atoms with Gasteiger partial charge in [-0.15, -0.1) is 0 Å². The second kappa shape index (κ2) is 10.0. The van der Waals surface area contributed by atoms with Gasteiger partial charge in [-0.25, -0.2) is 9.97 Å². The number of aliphatic hydroxyl groups excluding tert-OH is 1. The number of carbonyl (C=O) groups is 1. The highest BCUT2D eigenvalue weighted by Crippen LogP contribution is 2.23. The van der Waals surface area contributed by atoms with Crippen LogP contribution in [0.3, 0.4) is 0 Å². The molecule has 0 spiro atoms. The van der Waals surface area contributed by atoms with Crippen molar-refractivity contribution in [1.29, 1.82) is 0 Å². The number of aryl methyl sites for hydroxylation is 1. The number of carbonyl (C=O) groups excluding carboxylic acids is 1. The monoisotopic (exact) mass is 442 g/mol. The van der Waals surface area contributed by atoms with Gasteiger partial charge in [0.15, 0.2) is 6.10 Å². The lowest BCUT2D eigenvalue weighted by Crippen LogP contribution is -2.43. The van der Waals surface area contributed by atoms with E-state index >= 15 is 0 Å². The molecule has 170 valence electrons. The van der Waals surface area contributed by atoms with Crippen molar-refractivity contribution in [2.45, 2.75) is 38.2 Å². The molecular formula is C22H26N4O6. The van der Waals surface area contributed by atoms with Crippen molar-refractivity contribution in [2.24, 2.45) is 5.16 Å². The molecule has 1 aromatic heterocycles. The number of rotatable bonds is 7. The lowest BCUT2D eigenvalue weighted by Gasteiger charge is -2.30. The molecule has 3 heterocycles. The van der Waals surface area contributed by atoms with E-state index in [2.05, 4.69) is 20.4 Å². The van der Waals surface area contributed by atoms with Gasteiger partial charge in [-0.05, 0) is 30.7 Å². The third-order valence-electron chi connectivity index (χ3n) is 5.28. The molecule has 1 fully saturated rings. The second-order valence-corrected chi connectivity index (χ2v) is 7.61. The Morgan fingerprint density at radius 2 is 2.00 bits per heavy atom. The Kier molecular flexibility index (Phi) is 6.93. The lowest BCUT2D eigenvalue weighted by atomic mass is 10.0. The second-order valence-electron chi connectivity index (χ2n) is 7.61. The number of ether oxygens (including phenoxy) is 3. The zero-order valence-electron chi connectivity index (χ0n) is 18.0. The Bertz CT molecular complexity index is 973. The van der Waals surface area contributed by atoms with Gasteiger partial charge in [0.2, 0.25) is 0 Å². The van der Waals surface area contributed by atoms with Crippen LogP contribution in [0.15, 0.2) is 35.5 Å². The molecule has 1 aromatic carbocycles. The van der Waals surface area contributed by atoms with Gasteiger partial charge in [-0.2, -0.15) is 0 Å². The molecule has 1 amide bonds. The van der Waals surface area contributed by atoms with Crippen molar-refractivity contribution < 1.29 is 28.9 Å². The number of hydrogen-bond acceptors (Lipinski definition) is 9. The standard InChI is InChI=1S/C22H26N4O6/c1-13-24-17(18-8-20(32-26-18)21-12-30-16(10-27)11-31-21)7-19(25-13)22(28)23-9-14-3-5-15(29-2)6-4-14/h3-7,16,20-21,27H,8-12H2,1-2H3,(H,23,28)/t16-,20?,21-/m0/s1. The van der Waals surface area contributed by atoms with Crippen LogP contribution in [0.1, 0.15) is 34.0 Å². The summed E-state index contributed by atoms with van der Waals surface area (Å²) in [5, 5.41) is 16.2. The molecule has 32 heavy (non-hydrogen) atoms. The fourth-order valence-corrected chi connectivity index (χ4v) is 3.47. The summed E-state index contributed by atoms with van der Waals surface area (Å²) in [6.07, 6.45) is -0.431. The number of benzene rings is 1. The van der Waals surface area contributed by atoms with Gasteiger partial charge in [0, 0.05) is 13.0 Å². The zero-order valence-corrected chi connectivity index (χ0v) is 18.0. The molecule has 4 rings (SSSR count). The summed E-state index contributed by atoms with van der Waals surface area (Å²) in [6, 6.07) is 9.07. The molecule has 1 saturated heterocycles. The first-order valence-electron chi connectivity index (χ1n) is 10.4. The number of amides is 1. The van der Waals surface area contributed by atoms with Gasteiger partial charge in [-0.3, -0.25) is 4.79 Å². The molecule has 0 radical (unpaired) electrons. The van der Waals surface area contributed by atoms with Crippen LogP contribution in [-0.4, -0.2) is 71.9 Å². The van der Waals surface area contributed by atoms with E-state index in [-0.39, 0.29) is 36.5 Å². The summed E-state index contributed by atoms with van der Waals surface area (Å²) in [5.74, 6) is 0.918. The average molecular weight is 442 g/mol. The lowest BCUT2D eigenvalue weighted by molar-refractivity contribution is -0.178. The van der Waals surface area contributed by atoms with Crippen LogP contribution in [0, 0.1) is 6.92 Å². The Hall–Kier alpha value is -3.08. The van der Waals surface area contributed by atoms with Gasteiger partial charge in [0.1, 0.15) is 35.2 Å². The minimum atomic E-state index is -0.313. The van der Waals surface area contributed by atoms with Crippen LogP contribution in [0.25, 0.3) is 0 Å². The van der Waals surface area contributed by atoms with E-state index in [0.717, 1.165) is 11.3 Å². The first kappa shape index (κ1) is 22.1. The van der Waals surface area contributed by atoms with Crippen LogP contribution in [0.4, 0.5) is 0 Å². The third kappa shape index (κ3) is 5.21.